The summed E-state index contributed by atoms with van der Waals surface area (Å²) in [5.41, 5.74) is -1.95. The zero-order chi connectivity index (χ0) is 33.7. The number of rotatable bonds is 16. The second-order valence-corrected chi connectivity index (χ2v) is 13.7. The van der Waals surface area contributed by atoms with E-state index in [9.17, 15) is 19.8 Å². The van der Waals surface area contributed by atoms with E-state index in [2.05, 4.69) is 10.6 Å². The molecule has 4 N–H and O–H groups in total. The van der Waals surface area contributed by atoms with E-state index in [1.54, 1.807) is 0 Å². The maximum absolute atomic E-state index is 14.4. The van der Waals surface area contributed by atoms with E-state index in [0.717, 1.165) is 58.4 Å². The van der Waals surface area contributed by atoms with E-state index in [4.69, 9.17) is 0 Å². The van der Waals surface area contributed by atoms with Gasteiger partial charge in [-0.25, -0.2) is 0 Å². The van der Waals surface area contributed by atoms with Gasteiger partial charge in [-0.15, -0.1) is 0 Å². The van der Waals surface area contributed by atoms with Gasteiger partial charge in [-0.1, -0.05) is 138 Å². The minimum absolute atomic E-state index is 0.371. The zero-order valence-electron chi connectivity index (χ0n) is 28.5. The van der Waals surface area contributed by atoms with Crippen LogP contribution in [-0.4, -0.2) is 33.2 Å². The van der Waals surface area contributed by atoms with Gasteiger partial charge < -0.3 is 20.8 Å². The molecular weight excluding hydrogens is 584 g/mol. The molecule has 0 heterocycles. The van der Waals surface area contributed by atoms with Crippen LogP contribution < -0.4 is 10.6 Å². The van der Waals surface area contributed by atoms with Crippen molar-refractivity contribution in [3.05, 3.63) is 96.1 Å². The fraction of sp³-hybridized carbons (Fsp3) is 0.463. The zero-order valence-corrected chi connectivity index (χ0v) is 28.5. The highest BCUT2D eigenvalue weighted by Gasteiger charge is 2.58. The second-order valence-electron chi connectivity index (χ2n) is 13.7. The number of fused-ring (bicyclic) bond motifs is 2. The second kappa shape index (κ2) is 14.6. The first-order chi connectivity index (χ1) is 22.7. The van der Waals surface area contributed by atoms with Crippen molar-refractivity contribution in [2.24, 2.45) is 5.41 Å². The van der Waals surface area contributed by atoms with Gasteiger partial charge in [-0.2, -0.15) is 0 Å². The Morgan fingerprint density at radius 1 is 0.596 bits per heavy atom. The average molecular weight is 637 g/mol. The van der Waals surface area contributed by atoms with E-state index in [-0.39, 0.29) is 11.8 Å². The van der Waals surface area contributed by atoms with Crippen LogP contribution in [0.1, 0.15) is 115 Å². The molecule has 4 aromatic carbocycles. The quantitative estimate of drug-likeness (QED) is 0.0928. The highest BCUT2D eigenvalue weighted by atomic mass is 16.3. The molecule has 0 aromatic heterocycles. The molecule has 1 aliphatic rings. The van der Waals surface area contributed by atoms with Crippen molar-refractivity contribution in [2.45, 2.75) is 115 Å². The fourth-order valence-corrected chi connectivity index (χ4v) is 7.79. The lowest BCUT2D eigenvalue weighted by atomic mass is 9.79. The smallest absolute Gasteiger partial charge is 0.236 e. The van der Waals surface area contributed by atoms with Gasteiger partial charge in [0.05, 0.1) is 23.3 Å². The molecule has 2 amide bonds. The molecule has 6 nitrogen and oxygen atoms in total. The van der Waals surface area contributed by atoms with Crippen molar-refractivity contribution in [3.63, 3.8) is 0 Å². The van der Waals surface area contributed by atoms with E-state index >= 15 is 0 Å². The van der Waals surface area contributed by atoms with Crippen molar-refractivity contribution in [1.82, 2.24) is 10.6 Å². The molecule has 6 heteroatoms. The maximum Gasteiger partial charge on any atom is 0.236 e. The summed E-state index contributed by atoms with van der Waals surface area (Å²) in [6.45, 7) is 8.17. The lowest BCUT2D eigenvalue weighted by molar-refractivity contribution is -0.141. The van der Waals surface area contributed by atoms with Crippen molar-refractivity contribution >= 4 is 33.4 Å². The third-order valence-electron chi connectivity index (χ3n) is 10.2. The van der Waals surface area contributed by atoms with Gasteiger partial charge in [0.25, 0.3) is 0 Å². The van der Waals surface area contributed by atoms with Crippen molar-refractivity contribution in [2.75, 3.05) is 0 Å². The number of amides is 2. The predicted octanol–water partition coefficient (Wildman–Crippen LogP) is 8.45. The maximum atomic E-state index is 14.4. The van der Waals surface area contributed by atoms with Gasteiger partial charge in [0.2, 0.25) is 11.8 Å². The molecule has 0 unspecified atom stereocenters. The molecule has 250 valence electrons. The normalized spacial score (nSPS) is 15.7. The molecule has 0 radical (unpaired) electrons. The number of carbonyl (C=O) groups is 2. The number of hydrogen-bond donors (Lipinski definition) is 4. The molecule has 47 heavy (non-hydrogen) atoms. The molecule has 4 aromatic rings. The molecule has 1 aliphatic carbocycles. The summed E-state index contributed by atoms with van der Waals surface area (Å²) in [6, 6.07) is 26.6. The van der Waals surface area contributed by atoms with Crippen LogP contribution in [0.5, 0.6) is 0 Å². The first kappa shape index (κ1) is 34.6. The van der Waals surface area contributed by atoms with Crippen LogP contribution in [-0.2, 0) is 9.59 Å². The first-order valence-electron chi connectivity index (χ1n) is 17.7. The van der Waals surface area contributed by atoms with E-state index < -0.39 is 28.7 Å². The van der Waals surface area contributed by atoms with Crippen LogP contribution in [0.3, 0.4) is 0 Å². The summed E-state index contributed by atoms with van der Waals surface area (Å²) in [4.78, 5) is 28.9. The lowest BCUT2D eigenvalue weighted by Crippen LogP contribution is -2.53. The molecule has 5 rings (SSSR count). The Balaban J connectivity index is 1.52. The Bertz CT molecular complexity index is 1550. The predicted molar refractivity (Wildman–Crippen MR) is 191 cm³/mol. The van der Waals surface area contributed by atoms with Crippen LogP contribution in [0.2, 0.25) is 0 Å². The highest BCUT2D eigenvalue weighted by Crippen LogP contribution is 2.49. The Kier molecular flexibility index (Phi) is 10.7. The SMILES string of the molecule is CCCC(O)(CCC)[C@@H](NC(=O)C1(C(=O)N[C@@H](c2cccc3ccccc23)C(O)(CCC)CCC)CC1)c1cccc2ccccc12. The Labute approximate surface area is 280 Å². The molecule has 1 saturated carbocycles. The molecule has 0 saturated heterocycles. The van der Waals surface area contributed by atoms with Gasteiger partial charge in [0, 0.05) is 0 Å². The van der Waals surface area contributed by atoms with Gasteiger partial charge in [-0.05, 0) is 71.2 Å². The third-order valence-corrected chi connectivity index (χ3v) is 10.2. The highest BCUT2D eigenvalue weighted by molar-refractivity contribution is 6.08. The van der Waals surface area contributed by atoms with Gasteiger partial charge in [0.15, 0.2) is 0 Å². The lowest BCUT2D eigenvalue weighted by Gasteiger charge is -2.39. The topological polar surface area (TPSA) is 98.7 Å². The van der Waals surface area contributed by atoms with E-state index in [1.807, 2.05) is 113 Å². The number of aliphatic hydroxyl groups is 2. The molecule has 2 atom stereocenters. The van der Waals surface area contributed by atoms with Crippen LogP contribution >= 0.6 is 0 Å². The standard InChI is InChI=1S/C41H52N2O4/c1-5-23-40(46,24-6-2)35(33-21-13-17-29-15-9-11-19-31(29)33)42-37(44)39(27-28-39)38(45)43-36(41(47,25-7-3)26-8-4)34-22-14-18-30-16-10-12-20-32(30)34/h9-22,35-36,46-47H,5-8,23-28H2,1-4H3,(H,42,44)(H,43,45)/t35-,36-/m0/s1. The van der Waals surface area contributed by atoms with Crippen molar-refractivity contribution < 1.29 is 19.8 Å². The van der Waals surface area contributed by atoms with Crippen molar-refractivity contribution in [3.8, 4) is 0 Å². The molecule has 0 aliphatic heterocycles. The monoisotopic (exact) mass is 636 g/mol. The first-order valence-corrected chi connectivity index (χ1v) is 17.7. The summed E-state index contributed by atoms with van der Waals surface area (Å²) in [5.74, 6) is -0.741. The van der Waals surface area contributed by atoms with Crippen molar-refractivity contribution in [1.29, 1.82) is 0 Å². The molecular formula is C41H52N2O4. The van der Waals surface area contributed by atoms with Gasteiger partial charge in [-0.3, -0.25) is 9.59 Å². The Morgan fingerprint density at radius 2 is 0.936 bits per heavy atom. The number of benzene rings is 4. The summed E-state index contributed by atoms with van der Waals surface area (Å²) < 4.78 is 0. The molecule has 0 bridgehead atoms. The minimum atomic E-state index is -1.27. The van der Waals surface area contributed by atoms with Gasteiger partial charge >= 0.3 is 0 Å². The Morgan fingerprint density at radius 3 is 1.28 bits per heavy atom. The van der Waals surface area contributed by atoms with Gasteiger partial charge in [0.1, 0.15) is 5.41 Å². The summed E-state index contributed by atoms with van der Waals surface area (Å²) in [5, 5.41) is 34.9. The fourth-order valence-electron chi connectivity index (χ4n) is 7.79. The summed E-state index contributed by atoms with van der Waals surface area (Å²) >= 11 is 0. The summed E-state index contributed by atoms with van der Waals surface area (Å²) in [6.07, 6.45) is 5.87. The minimum Gasteiger partial charge on any atom is -0.387 e. The van der Waals surface area contributed by atoms with Crippen LogP contribution in [0.4, 0.5) is 0 Å². The third kappa shape index (κ3) is 6.95. The van der Waals surface area contributed by atoms with E-state index in [1.165, 1.54) is 0 Å². The molecule has 1 fully saturated rings. The summed E-state index contributed by atoms with van der Waals surface area (Å²) in [7, 11) is 0. The number of hydrogen-bond acceptors (Lipinski definition) is 4. The van der Waals surface area contributed by atoms with Crippen LogP contribution in [0.15, 0.2) is 84.9 Å². The van der Waals surface area contributed by atoms with Crippen LogP contribution in [0, 0.1) is 5.41 Å². The van der Waals surface area contributed by atoms with E-state index in [0.29, 0.717) is 38.5 Å². The van der Waals surface area contributed by atoms with Crippen LogP contribution in [0.25, 0.3) is 21.5 Å². The Hall–Kier alpha value is -3.74. The number of carbonyl (C=O) groups excluding carboxylic acids is 2. The number of nitrogens with one attached hydrogen (secondary N) is 2. The largest absolute Gasteiger partial charge is 0.387 e. The average Bonchev–Trinajstić information content (AvgIpc) is 3.88. The molecule has 0 spiro atoms.